The van der Waals surface area contributed by atoms with Gasteiger partial charge in [-0.25, -0.2) is 4.98 Å². The quantitative estimate of drug-likeness (QED) is 0.746. The van der Waals surface area contributed by atoms with Crippen LogP contribution >= 0.6 is 0 Å². The molecule has 1 aromatic heterocycles. The highest BCUT2D eigenvalue weighted by Gasteiger charge is 2.09. The molecule has 0 aliphatic rings. The molecule has 1 amide bonds. The Kier molecular flexibility index (Phi) is 4.19. The third kappa shape index (κ3) is 3.17. The first kappa shape index (κ1) is 14.3. The van der Waals surface area contributed by atoms with Gasteiger partial charge in [-0.2, -0.15) is 0 Å². The summed E-state index contributed by atoms with van der Waals surface area (Å²) in [6.45, 7) is 2.07. The number of hydrogen-bond acceptors (Lipinski definition) is 3. The van der Waals surface area contributed by atoms with Crippen molar-refractivity contribution in [2.45, 2.75) is 26.2 Å². The third-order valence-electron chi connectivity index (χ3n) is 3.44. The number of aromatic nitrogens is 1. The van der Waals surface area contributed by atoms with Gasteiger partial charge in [0.1, 0.15) is 5.52 Å². The van der Waals surface area contributed by atoms with Crippen LogP contribution < -0.4 is 5.32 Å². The molecule has 2 aromatic carbocycles. The second-order valence-electron chi connectivity index (χ2n) is 5.22. The van der Waals surface area contributed by atoms with Crippen LogP contribution in [0, 0.1) is 0 Å². The maximum atomic E-state index is 11.8. The van der Waals surface area contributed by atoms with Crippen molar-refractivity contribution in [2.75, 3.05) is 5.32 Å². The largest absolute Gasteiger partial charge is 0.436 e. The molecule has 22 heavy (non-hydrogen) atoms. The van der Waals surface area contributed by atoms with Crippen LogP contribution in [0.2, 0.25) is 0 Å². The number of nitrogens with one attached hydrogen (secondary N) is 1. The van der Waals surface area contributed by atoms with Crippen molar-refractivity contribution >= 4 is 22.7 Å². The number of benzene rings is 2. The molecular formula is C18H18N2O2. The standard InChI is InChI=1S/C18H18N2O2/c1-2-3-11-17(21)19-14-8-6-7-13(12-14)18-20-15-9-4-5-10-16(15)22-18/h4-10,12H,2-3,11H2,1H3,(H,19,21). The van der Waals surface area contributed by atoms with Crippen molar-refractivity contribution in [1.29, 1.82) is 0 Å². The molecule has 4 heteroatoms. The number of carbonyl (C=O) groups is 1. The average Bonchev–Trinajstić information content (AvgIpc) is 2.97. The normalized spacial score (nSPS) is 10.8. The van der Waals surface area contributed by atoms with Gasteiger partial charge in [0.15, 0.2) is 5.58 Å². The minimum atomic E-state index is 0.0385. The Hall–Kier alpha value is -2.62. The van der Waals surface area contributed by atoms with Crippen LogP contribution in [0.5, 0.6) is 0 Å². The molecule has 3 rings (SSSR count). The second kappa shape index (κ2) is 6.43. The van der Waals surface area contributed by atoms with Crippen molar-refractivity contribution < 1.29 is 9.21 Å². The summed E-state index contributed by atoms with van der Waals surface area (Å²) in [5.74, 6) is 0.599. The van der Waals surface area contributed by atoms with Crippen LogP contribution in [-0.2, 0) is 4.79 Å². The zero-order valence-electron chi connectivity index (χ0n) is 12.5. The van der Waals surface area contributed by atoms with Gasteiger partial charge >= 0.3 is 0 Å². The van der Waals surface area contributed by atoms with Crippen molar-refractivity contribution in [1.82, 2.24) is 4.98 Å². The minimum absolute atomic E-state index is 0.0385. The molecule has 0 atom stereocenters. The van der Waals surface area contributed by atoms with E-state index in [1.165, 1.54) is 0 Å². The molecule has 0 fully saturated rings. The number of para-hydroxylation sites is 2. The summed E-state index contributed by atoms with van der Waals surface area (Å²) in [6, 6.07) is 15.2. The molecule has 0 saturated heterocycles. The topological polar surface area (TPSA) is 55.1 Å². The first-order chi connectivity index (χ1) is 10.8. The number of hydrogen-bond donors (Lipinski definition) is 1. The summed E-state index contributed by atoms with van der Waals surface area (Å²) in [4.78, 5) is 16.3. The molecule has 0 spiro atoms. The molecular weight excluding hydrogens is 276 g/mol. The number of oxazole rings is 1. The van der Waals surface area contributed by atoms with E-state index in [0.717, 1.165) is 35.2 Å². The van der Waals surface area contributed by atoms with Gasteiger partial charge in [-0.1, -0.05) is 31.5 Å². The fourth-order valence-corrected chi connectivity index (χ4v) is 2.29. The number of anilines is 1. The molecule has 0 saturated carbocycles. The lowest BCUT2D eigenvalue weighted by Gasteiger charge is -2.05. The maximum absolute atomic E-state index is 11.8. The molecule has 1 heterocycles. The maximum Gasteiger partial charge on any atom is 0.227 e. The smallest absolute Gasteiger partial charge is 0.227 e. The molecule has 0 aliphatic heterocycles. The van der Waals surface area contributed by atoms with Gasteiger partial charge in [0.2, 0.25) is 11.8 Å². The number of nitrogens with zero attached hydrogens (tertiary/aromatic N) is 1. The summed E-state index contributed by atoms with van der Waals surface area (Å²) in [7, 11) is 0. The predicted octanol–water partition coefficient (Wildman–Crippen LogP) is 4.62. The summed E-state index contributed by atoms with van der Waals surface area (Å²) in [6.07, 6.45) is 2.45. The average molecular weight is 294 g/mol. The van der Waals surface area contributed by atoms with Gasteiger partial charge in [0.05, 0.1) is 0 Å². The van der Waals surface area contributed by atoms with E-state index in [2.05, 4.69) is 17.2 Å². The SMILES string of the molecule is CCCCC(=O)Nc1cccc(-c2nc3ccccc3o2)c1. The number of amides is 1. The Morgan fingerprint density at radius 1 is 1.18 bits per heavy atom. The Labute approximate surface area is 129 Å². The first-order valence-corrected chi connectivity index (χ1v) is 7.52. The highest BCUT2D eigenvalue weighted by molar-refractivity contribution is 5.91. The molecule has 112 valence electrons. The van der Waals surface area contributed by atoms with E-state index in [1.54, 1.807) is 0 Å². The number of carbonyl (C=O) groups excluding carboxylic acids is 1. The molecule has 1 N–H and O–H groups in total. The molecule has 0 unspecified atom stereocenters. The van der Waals surface area contributed by atoms with E-state index in [0.29, 0.717) is 12.3 Å². The third-order valence-corrected chi connectivity index (χ3v) is 3.44. The number of unbranched alkanes of at least 4 members (excludes halogenated alkanes) is 1. The van der Waals surface area contributed by atoms with E-state index < -0.39 is 0 Å². The lowest BCUT2D eigenvalue weighted by molar-refractivity contribution is -0.116. The molecule has 0 radical (unpaired) electrons. The fraction of sp³-hybridized carbons (Fsp3) is 0.222. The highest BCUT2D eigenvalue weighted by atomic mass is 16.3. The van der Waals surface area contributed by atoms with Crippen molar-refractivity contribution in [3.05, 3.63) is 48.5 Å². The predicted molar refractivity (Wildman–Crippen MR) is 87.6 cm³/mol. The molecule has 0 aliphatic carbocycles. The molecule has 0 bridgehead atoms. The number of fused-ring (bicyclic) bond motifs is 1. The van der Waals surface area contributed by atoms with Gasteiger partial charge in [-0.15, -0.1) is 0 Å². The van der Waals surface area contributed by atoms with Crippen LogP contribution in [0.3, 0.4) is 0 Å². The molecule has 4 nitrogen and oxygen atoms in total. The van der Waals surface area contributed by atoms with Gasteiger partial charge in [0.25, 0.3) is 0 Å². The van der Waals surface area contributed by atoms with E-state index in [1.807, 2.05) is 48.5 Å². The highest BCUT2D eigenvalue weighted by Crippen LogP contribution is 2.26. The Balaban J connectivity index is 1.82. The lowest BCUT2D eigenvalue weighted by Crippen LogP contribution is -2.10. The van der Waals surface area contributed by atoms with Crippen molar-refractivity contribution in [3.8, 4) is 11.5 Å². The van der Waals surface area contributed by atoms with Gasteiger partial charge < -0.3 is 9.73 Å². The Morgan fingerprint density at radius 2 is 2.05 bits per heavy atom. The van der Waals surface area contributed by atoms with E-state index in [-0.39, 0.29) is 5.91 Å². The summed E-state index contributed by atoms with van der Waals surface area (Å²) < 4.78 is 5.76. The summed E-state index contributed by atoms with van der Waals surface area (Å²) in [5, 5.41) is 2.91. The van der Waals surface area contributed by atoms with Crippen LogP contribution in [-0.4, -0.2) is 10.9 Å². The Bertz CT molecular complexity index is 759. The number of rotatable bonds is 5. The van der Waals surface area contributed by atoms with Crippen LogP contribution in [0.15, 0.2) is 52.9 Å². The summed E-state index contributed by atoms with van der Waals surface area (Å²) in [5.41, 5.74) is 3.20. The van der Waals surface area contributed by atoms with E-state index in [9.17, 15) is 4.79 Å². The van der Waals surface area contributed by atoms with E-state index in [4.69, 9.17) is 4.42 Å². The zero-order chi connectivity index (χ0) is 15.4. The second-order valence-corrected chi connectivity index (χ2v) is 5.22. The van der Waals surface area contributed by atoms with E-state index >= 15 is 0 Å². The van der Waals surface area contributed by atoms with Gasteiger partial charge in [-0.3, -0.25) is 4.79 Å². The minimum Gasteiger partial charge on any atom is -0.436 e. The Morgan fingerprint density at radius 3 is 2.86 bits per heavy atom. The molecule has 3 aromatic rings. The van der Waals surface area contributed by atoms with Crippen LogP contribution in [0.4, 0.5) is 5.69 Å². The van der Waals surface area contributed by atoms with Gasteiger partial charge in [-0.05, 0) is 36.8 Å². The fourth-order valence-electron chi connectivity index (χ4n) is 2.29. The van der Waals surface area contributed by atoms with Crippen LogP contribution in [0.25, 0.3) is 22.6 Å². The van der Waals surface area contributed by atoms with Crippen molar-refractivity contribution in [2.24, 2.45) is 0 Å². The van der Waals surface area contributed by atoms with Crippen molar-refractivity contribution in [3.63, 3.8) is 0 Å². The van der Waals surface area contributed by atoms with Crippen LogP contribution in [0.1, 0.15) is 26.2 Å². The lowest BCUT2D eigenvalue weighted by atomic mass is 10.2. The van der Waals surface area contributed by atoms with Gasteiger partial charge in [0, 0.05) is 17.7 Å². The summed E-state index contributed by atoms with van der Waals surface area (Å²) >= 11 is 0. The zero-order valence-corrected chi connectivity index (χ0v) is 12.5. The monoisotopic (exact) mass is 294 g/mol. The first-order valence-electron chi connectivity index (χ1n) is 7.52.